The molecule has 1 amide bonds. The molecule has 1 atom stereocenters. The van der Waals surface area contributed by atoms with Crippen molar-refractivity contribution in [2.24, 2.45) is 0 Å². The first-order valence-electron chi connectivity index (χ1n) is 5.13. The minimum Gasteiger partial charge on any atom is -0.382 e. The Morgan fingerprint density at radius 3 is 3.00 bits per heavy atom. The van der Waals surface area contributed by atoms with Gasteiger partial charge in [0.05, 0.1) is 19.3 Å². The van der Waals surface area contributed by atoms with E-state index in [-0.39, 0.29) is 18.6 Å². The van der Waals surface area contributed by atoms with Gasteiger partial charge in [-0.15, -0.1) is 11.3 Å². The van der Waals surface area contributed by atoms with E-state index >= 15 is 0 Å². The molecule has 1 aromatic heterocycles. The Morgan fingerprint density at radius 2 is 2.38 bits per heavy atom. The van der Waals surface area contributed by atoms with E-state index in [0.717, 1.165) is 4.88 Å². The zero-order chi connectivity index (χ0) is 11.8. The van der Waals surface area contributed by atoms with Crippen LogP contribution < -0.4 is 5.32 Å². The van der Waals surface area contributed by atoms with Gasteiger partial charge >= 0.3 is 0 Å². The van der Waals surface area contributed by atoms with Crippen molar-refractivity contribution in [3.63, 3.8) is 0 Å². The molecule has 90 valence electrons. The highest BCUT2D eigenvalue weighted by molar-refractivity contribution is 7.10. The summed E-state index contributed by atoms with van der Waals surface area (Å²) < 4.78 is 9.93. The summed E-state index contributed by atoms with van der Waals surface area (Å²) in [5.41, 5.74) is 0. The lowest BCUT2D eigenvalue weighted by molar-refractivity contribution is -0.126. The number of thiophene rings is 1. The van der Waals surface area contributed by atoms with Crippen LogP contribution in [0, 0.1) is 0 Å². The van der Waals surface area contributed by atoms with Crippen LogP contribution in [0.3, 0.4) is 0 Å². The van der Waals surface area contributed by atoms with Crippen molar-refractivity contribution >= 4 is 17.2 Å². The van der Waals surface area contributed by atoms with E-state index in [9.17, 15) is 4.79 Å². The van der Waals surface area contributed by atoms with Crippen LogP contribution >= 0.6 is 11.3 Å². The van der Waals surface area contributed by atoms with Crippen LogP contribution in [0.25, 0.3) is 0 Å². The Morgan fingerprint density at radius 1 is 1.56 bits per heavy atom. The average molecular weight is 243 g/mol. The molecule has 0 aliphatic carbocycles. The molecular formula is C11H17NO3S. The van der Waals surface area contributed by atoms with Crippen molar-refractivity contribution in [1.29, 1.82) is 0 Å². The van der Waals surface area contributed by atoms with Crippen molar-refractivity contribution in [3.05, 3.63) is 22.4 Å². The van der Waals surface area contributed by atoms with Gasteiger partial charge in [-0.3, -0.25) is 4.79 Å². The molecular weight excluding hydrogens is 226 g/mol. The summed E-state index contributed by atoms with van der Waals surface area (Å²) in [7, 11) is 1.60. The van der Waals surface area contributed by atoms with Crippen LogP contribution in [-0.2, 0) is 14.3 Å². The topological polar surface area (TPSA) is 47.6 Å². The number of hydrogen-bond acceptors (Lipinski definition) is 4. The molecule has 0 saturated heterocycles. The highest BCUT2D eigenvalue weighted by atomic mass is 32.1. The molecule has 0 unspecified atom stereocenters. The summed E-state index contributed by atoms with van der Waals surface area (Å²) in [5, 5.41) is 4.86. The van der Waals surface area contributed by atoms with Gasteiger partial charge in [0, 0.05) is 12.0 Å². The summed E-state index contributed by atoms with van der Waals surface area (Å²) in [6.07, 6.45) is 0. The number of methoxy groups -OCH3 is 1. The number of rotatable bonds is 7. The number of carbonyl (C=O) groups is 1. The monoisotopic (exact) mass is 243 g/mol. The molecule has 0 aliphatic heterocycles. The predicted octanol–water partition coefficient (Wildman–Crippen LogP) is 1.59. The Kier molecular flexibility index (Phi) is 6.07. The molecule has 0 fully saturated rings. The number of ether oxygens (including phenoxy) is 2. The maximum atomic E-state index is 11.4. The fourth-order valence-electron chi connectivity index (χ4n) is 1.20. The molecule has 0 aromatic carbocycles. The Hall–Kier alpha value is -0.910. The molecule has 0 spiro atoms. The first-order valence-corrected chi connectivity index (χ1v) is 6.01. The van der Waals surface area contributed by atoms with E-state index in [1.807, 2.05) is 24.4 Å². The molecule has 4 nitrogen and oxygen atoms in total. The number of carbonyl (C=O) groups excluding carboxylic acids is 1. The predicted molar refractivity (Wildman–Crippen MR) is 63.6 cm³/mol. The molecule has 1 rings (SSSR count). The average Bonchev–Trinajstić information content (AvgIpc) is 2.77. The third-order valence-corrected chi connectivity index (χ3v) is 3.07. The summed E-state index contributed by atoms with van der Waals surface area (Å²) in [5.74, 6) is -0.1000. The second-order valence-electron chi connectivity index (χ2n) is 3.35. The van der Waals surface area contributed by atoms with E-state index in [2.05, 4.69) is 5.32 Å². The minimum atomic E-state index is -0.1000. The van der Waals surface area contributed by atoms with Crippen LogP contribution in [0.1, 0.15) is 17.8 Å². The smallest absolute Gasteiger partial charge is 0.246 e. The van der Waals surface area contributed by atoms with Gasteiger partial charge in [0.1, 0.15) is 6.61 Å². The van der Waals surface area contributed by atoms with E-state index in [4.69, 9.17) is 9.47 Å². The molecule has 0 aliphatic rings. The van der Waals surface area contributed by atoms with E-state index in [1.165, 1.54) is 0 Å². The zero-order valence-electron chi connectivity index (χ0n) is 9.56. The van der Waals surface area contributed by atoms with Crippen molar-refractivity contribution in [3.8, 4) is 0 Å². The van der Waals surface area contributed by atoms with Crippen LogP contribution in [-0.4, -0.2) is 32.8 Å². The fourth-order valence-corrected chi connectivity index (χ4v) is 1.93. The maximum Gasteiger partial charge on any atom is 0.246 e. The van der Waals surface area contributed by atoms with E-state index in [1.54, 1.807) is 18.4 Å². The van der Waals surface area contributed by atoms with Crippen molar-refractivity contribution < 1.29 is 14.3 Å². The minimum absolute atomic E-state index is 0.0403. The van der Waals surface area contributed by atoms with Crippen LogP contribution in [0.2, 0.25) is 0 Å². The Balaban J connectivity index is 2.19. The van der Waals surface area contributed by atoms with E-state index in [0.29, 0.717) is 13.2 Å². The standard InChI is InChI=1S/C11H17NO3S/c1-9(10-4-3-7-16-10)12-11(13)8-15-6-5-14-2/h3-4,7,9H,5-6,8H2,1-2H3,(H,12,13)/t9-/m0/s1. The molecule has 0 saturated carbocycles. The Bertz CT molecular complexity index is 300. The highest BCUT2D eigenvalue weighted by Gasteiger charge is 2.09. The molecule has 5 heteroatoms. The lowest BCUT2D eigenvalue weighted by atomic mass is 10.3. The second-order valence-corrected chi connectivity index (χ2v) is 4.33. The highest BCUT2D eigenvalue weighted by Crippen LogP contribution is 2.17. The summed E-state index contributed by atoms with van der Waals surface area (Å²) in [4.78, 5) is 12.6. The zero-order valence-corrected chi connectivity index (χ0v) is 10.4. The summed E-state index contributed by atoms with van der Waals surface area (Å²) >= 11 is 1.63. The number of nitrogens with one attached hydrogen (secondary N) is 1. The van der Waals surface area contributed by atoms with Crippen molar-refractivity contribution in [1.82, 2.24) is 5.32 Å². The largest absolute Gasteiger partial charge is 0.382 e. The number of amides is 1. The molecule has 16 heavy (non-hydrogen) atoms. The normalized spacial score (nSPS) is 12.4. The Labute approximate surface area is 99.6 Å². The van der Waals surface area contributed by atoms with Crippen LogP contribution in [0.4, 0.5) is 0 Å². The molecule has 0 radical (unpaired) electrons. The van der Waals surface area contributed by atoms with Crippen molar-refractivity contribution in [2.75, 3.05) is 26.9 Å². The molecule has 1 aromatic rings. The van der Waals surface area contributed by atoms with Gasteiger partial charge in [-0.05, 0) is 18.4 Å². The van der Waals surface area contributed by atoms with Gasteiger partial charge in [0.15, 0.2) is 0 Å². The van der Waals surface area contributed by atoms with Gasteiger partial charge < -0.3 is 14.8 Å². The van der Waals surface area contributed by atoms with Crippen LogP contribution in [0.5, 0.6) is 0 Å². The number of hydrogen-bond donors (Lipinski definition) is 1. The van der Waals surface area contributed by atoms with E-state index < -0.39 is 0 Å². The second kappa shape index (κ2) is 7.38. The molecule has 1 heterocycles. The maximum absolute atomic E-state index is 11.4. The first-order chi connectivity index (χ1) is 7.74. The van der Waals surface area contributed by atoms with Gasteiger partial charge in [-0.1, -0.05) is 6.07 Å². The van der Waals surface area contributed by atoms with Crippen molar-refractivity contribution in [2.45, 2.75) is 13.0 Å². The summed E-state index contributed by atoms with van der Waals surface area (Å²) in [6, 6.07) is 4.01. The fraction of sp³-hybridized carbons (Fsp3) is 0.545. The van der Waals surface area contributed by atoms with Gasteiger partial charge in [0.2, 0.25) is 5.91 Å². The summed E-state index contributed by atoms with van der Waals surface area (Å²) in [6.45, 7) is 2.99. The quantitative estimate of drug-likeness (QED) is 0.740. The van der Waals surface area contributed by atoms with Crippen LogP contribution in [0.15, 0.2) is 17.5 Å². The first kappa shape index (κ1) is 13.2. The third kappa shape index (κ3) is 4.74. The van der Waals surface area contributed by atoms with Gasteiger partial charge in [-0.2, -0.15) is 0 Å². The van der Waals surface area contributed by atoms with Gasteiger partial charge in [-0.25, -0.2) is 0 Å². The lowest BCUT2D eigenvalue weighted by Crippen LogP contribution is -2.30. The third-order valence-electron chi connectivity index (χ3n) is 2.01. The lowest BCUT2D eigenvalue weighted by Gasteiger charge is -2.12. The molecule has 1 N–H and O–H groups in total. The van der Waals surface area contributed by atoms with Gasteiger partial charge in [0.25, 0.3) is 0 Å². The molecule has 0 bridgehead atoms. The SMILES string of the molecule is COCCOCC(=O)N[C@@H](C)c1cccs1.